The molecule has 134 valence electrons. The van der Waals surface area contributed by atoms with Gasteiger partial charge in [0.1, 0.15) is 0 Å². The van der Waals surface area contributed by atoms with Gasteiger partial charge in [0.25, 0.3) is 0 Å². The van der Waals surface area contributed by atoms with Crippen molar-refractivity contribution in [1.82, 2.24) is 15.1 Å². The minimum Gasteiger partial charge on any atom is -0.408 e. The summed E-state index contributed by atoms with van der Waals surface area (Å²) in [5, 5.41) is 8.88. The Morgan fingerprint density at radius 1 is 1.24 bits per heavy atom. The van der Waals surface area contributed by atoms with E-state index in [1.165, 1.54) is 0 Å². The maximum Gasteiger partial charge on any atom is 0.318 e. The lowest BCUT2D eigenvalue weighted by Gasteiger charge is -2.33. The van der Waals surface area contributed by atoms with Crippen molar-refractivity contribution in [3.8, 4) is 0 Å². The molecule has 0 aliphatic carbocycles. The molecule has 1 fully saturated rings. The van der Waals surface area contributed by atoms with Crippen LogP contribution in [0.2, 0.25) is 5.02 Å². The number of piperazine rings is 1. The van der Waals surface area contributed by atoms with Crippen LogP contribution in [-0.2, 0) is 11.2 Å². The van der Waals surface area contributed by atoms with Gasteiger partial charge in [-0.2, -0.15) is 0 Å². The van der Waals surface area contributed by atoms with E-state index in [0.717, 1.165) is 5.56 Å². The van der Waals surface area contributed by atoms with Crippen LogP contribution in [0, 0.1) is 0 Å². The Bertz CT molecular complexity index is 723. The largest absolute Gasteiger partial charge is 0.408 e. The molecule has 0 spiro atoms. The van der Waals surface area contributed by atoms with E-state index >= 15 is 0 Å². The lowest BCUT2D eigenvalue weighted by molar-refractivity contribution is -0.131. The molecule has 2 heterocycles. The molecule has 0 radical (unpaired) electrons. The molecule has 6 nitrogen and oxygen atoms in total. The molecule has 2 aromatic rings. The zero-order chi connectivity index (χ0) is 17.8. The lowest BCUT2D eigenvalue weighted by atomic mass is 10.1. The van der Waals surface area contributed by atoms with Gasteiger partial charge in [0.15, 0.2) is 0 Å². The van der Waals surface area contributed by atoms with E-state index in [4.69, 9.17) is 16.0 Å². The second-order valence-corrected chi connectivity index (χ2v) is 7.01. The van der Waals surface area contributed by atoms with E-state index in [1.54, 1.807) is 0 Å². The maximum atomic E-state index is 12.4. The van der Waals surface area contributed by atoms with Crippen LogP contribution in [0.25, 0.3) is 0 Å². The summed E-state index contributed by atoms with van der Waals surface area (Å²) in [6.07, 6.45) is 1.21. The van der Waals surface area contributed by atoms with Crippen molar-refractivity contribution in [3.63, 3.8) is 0 Å². The van der Waals surface area contributed by atoms with Crippen molar-refractivity contribution < 1.29 is 9.21 Å². The van der Waals surface area contributed by atoms with E-state index in [1.807, 2.05) is 47.9 Å². The van der Waals surface area contributed by atoms with Crippen LogP contribution >= 0.6 is 11.6 Å². The predicted octanol–water partition coefficient (Wildman–Crippen LogP) is 3.13. The van der Waals surface area contributed by atoms with Crippen molar-refractivity contribution in [2.75, 3.05) is 31.1 Å². The fourth-order valence-electron chi connectivity index (χ4n) is 2.84. The predicted molar refractivity (Wildman–Crippen MR) is 97.0 cm³/mol. The first-order chi connectivity index (χ1) is 12.0. The molecule has 1 aromatic carbocycles. The van der Waals surface area contributed by atoms with E-state index in [9.17, 15) is 4.79 Å². The Hall–Kier alpha value is -2.08. The Kier molecular flexibility index (Phi) is 5.58. The fraction of sp³-hybridized carbons (Fsp3) is 0.500. The maximum absolute atomic E-state index is 12.4. The molecule has 25 heavy (non-hydrogen) atoms. The molecule has 0 bridgehead atoms. The van der Waals surface area contributed by atoms with Gasteiger partial charge in [0.2, 0.25) is 11.8 Å². The van der Waals surface area contributed by atoms with Crippen molar-refractivity contribution in [1.29, 1.82) is 0 Å². The highest BCUT2D eigenvalue weighted by molar-refractivity contribution is 6.30. The third kappa shape index (κ3) is 4.51. The number of amides is 1. The number of nitrogens with zero attached hydrogens (tertiary/aromatic N) is 4. The third-order valence-corrected chi connectivity index (χ3v) is 4.58. The highest BCUT2D eigenvalue weighted by atomic mass is 35.5. The Morgan fingerprint density at radius 2 is 2.00 bits per heavy atom. The first kappa shape index (κ1) is 17.7. The van der Waals surface area contributed by atoms with Gasteiger partial charge in [-0.25, -0.2) is 0 Å². The number of rotatable bonds is 5. The first-order valence-corrected chi connectivity index (χ1v) is 9.01. The van der Waals surface area contributed by atoms with Crippen LogP contribution in [0.3, 0.4) is 0 Å². The van der Waals surface area contributed by atoms with Gasteiger partial charge in [-0.05, 0) is 24.1 Å². The summed E-state index contributed by atoms with van der Waals surface area (Å²) in [7, 11) is 0. The summed E-state index contributed by atoms with van der Waals surface area (Å²) in [5.74, 6) is 1.04. The molecule has 0 atom stereocenters. The molecular weight excluding hydrogens is 340 g/mol. The van der Waals surface area contributed by atoms with Crippen LogP contribution in [0.15, 0.2) is 28.7 Å². The molecule has 1 aliphatic heterocycles. The fourth-order valence-corrected chi connectivity index (χ4v) is 3.05. The number of carbonyl (C=O) groups is 1. The van der Waals surface area contributed by atoms with Crippen LogP contribution in [0.5, 0.6) is 0 Å². The van der Waals surface area contributed by atoms with E-state index in [0.29, 0.717) is 55.9 Å². The second-order valence-electron chi connectivity index (χ2n) is 6.58. The Balaban J connectivity index is 1.48. The molecular formula is C18H23ClN4O2. The molecule has 0 saturated carbocycles. The van der Waals surface area contributed by atoms with Crippen LogP contribution < -0.4 is 4.90 Å². The summed E-state index contributed by atoms with van der Waals surface area (Å²) in [6.45, 7) is 6.81. The van der Waals surface area contributed by atoms with Crippen LogP contribution in [-0.4, -0.2) is 47.2 Å². The number of hydrogen-bond donors (Lipinski definition) is 0. The monoisotopic (exact) mass is 362 g/mol. The van der Waals surface area contributed by atoms with Crippen molar-refractivity contribution in [3.05, 3.63) is 40.7 Å². The van der Waals surface area contributed by atoms with E-state index < -0.39 is 0 Å². The van der Waals surface area contributed by atoms with Crippen molar-refractivity contribution in [2.45, 2.75) is 32.6 Å². The molecule has 0 unspecified atom stereocenters. The summed E-state index contributed by atoms with van der Waals surface area (Å²) in [4.78, 5) is 16.4. The first-order valence-electron chi connectivity index (χ1n) is 8.63. The second kappa shape index (κ2) is 7.87. The molecule has 1 amide bonds. The van der Waals surface area contributed by atoms with Crippen molar-refractivity contribution >= 4 is 23.5 Å². The van der Waals surface area contributed by atoms with Gasteiger partial charge < -0.3 is 14.2 Å². The van der Waals surface area contributed by atoms with Gasteiger partial charge in [-0.3, -0.25) is 4.79 Å². The minimum absolute atomic E-state index is 0.174. The topological polar surface area (TPSA) is 62.5 Å². The Morgan fingerprint density at radius 3 is 2.64 bits per heavy atom. The highest BCUT2D eigenvalue weighted by Gasteiger charge is 2.24. The number of hydrogen-bond acceptors (Lipinski definition) is 5. The van der Waals surface area contributed by atoms with E-state index in [-0.39, 0.29) is 11.8 Å². The highest BCUT2D eigenvalue weighted by Crippen LogP contribution is 2.20. The number of aryl methyl sites for hydroxylation is 1. The van der Waals surface area contributed by atoms with Crippen molar-refractivity contribution in [2.24, 2.45) is 0 Å². The smallest absolute Gasteiger partial charge is 0.318 e. The van der Waals surface area contributed by atoms with E-state index in [2.05, 4.69) is 10.2 Å². The molecule has 1 aliphatic rings. The molecule has 7 heteroatoms. The number of benzene rings is 1. The quantitative estimate of drug-likeness (QED) is 0.817. The van der Waals surface area contributed by atoms with Crippen LogP contribution in [0.4, 0.5) is 6.01 Å². The van der Waals surface area contributed by atoms with Gasteiger partial charge in [-0.1, -0.05) is 42.7 Å². The lowest BCUT2D eigenvalue weighted by Crippen LogP contribution is -2.49. The number of aromatic nitrogens is 2. The Labute approximate surface area is 152 Å². The van der Waals surface area contributed by atoms with Gasteiger partial charge in [0.05, 0.1) is 0 Å². The van der Waals surface area contributed by atoms with Gasteiger partial charge in [0, 0.05) is 43.5 Å². The summed E-state index contributed by atoms with van der Waals surface area (Å²) in [6, 6.07) is 8.22. The summed E-state index contributed by atoms with van der Waals surface area (Å²) < 4.78 is 5.68. The summed E-state index contributed by atoms with van der Waals surface area (Å²) >= 11 is 5.98. The number of halogens is 1. The van der Waals surface area contributed by atoms with Gasteiger partial charge >= 0.3 is 6.01 Å². The zero-order valence-corrected chi connectivity index (χ0v) is 15.4. The van der Waals surface area contributed by atoms with Crippen LogP contribution in [0.1, 0.15) is 37.6 Å². The average molecular weight is 363 g/mol. The number of carbonyl (C=O) groups excluding carboxylic acids is 1. The average Bonchev–Trinajstić information content (AvgIpc) is 3.10. The normalized spacial score (nSPS) is 15.0. The third-order valence-electron chi connectivity index (χ3n) is 4.34. The molecule has 1 saturated heterocycles. The molecule has 3 rings (SSSR count). The minimum atomic E-state index is 0.174. The number of anilines is 1. The molecule has 0 N–H and O–H groups in total. The van der Waals surface area contributed by atoms with Gasteiger partial charge in [-0.15, -0.1) is 5.10 Å². The molecule has 1 aromatic heterocycles. The SMILES string of the molecule is CC(C)c1nnc(N2CCN(C(=O)CCc3cccc(Cl)c3)CC2)o1. The zero-order valence-electron chi connectivity index (χ0n) is 14.6. The summed E-state index contributed by atoms with van der Waals surface area (Å²) in [5.41, 5.74) is 1.09. The standard InChI is InChI=1S/C18H23ClN4O2/c1-13(2)17-20-21-18(25-17)23-10-8-22(9-11-23)16(24)7-6-14-4-3-5-15(19)12-14/h3-5,12-13H,6-11H2,1-2H3.